The standard InChI is InChI=1S/C14H12Cl2N2O/c1-8-3-2-4-11(15)13(8)18-14(19)10-6-5-9(17)7-12(10)16/h2-7H,17H2,1H3,(H,18,19). The van der Waals surface area contributed by atoms with Crippen LogP contribution in [0, 0.1) is 6.92 Å². The summed E-state index contributed by atoms with van der Waals surface area (Å²) < 4.78 is 0. The van der Waals surface area contributed by atoms with Gasteiger partial charge in [0.15, 0.2) is 0 Å². The molecule has 0 aliphatic heterocycles. The van der Waals surface area contributed by atoms with Crippen LogP contribution in [0.1, 0.15) is 15.9 Å². The van der Waals surface area contributed by atoms with Gasteiger partial charge in [0, 0.05) is 5.69 Å². The summed E-state index contributed by atoms with van der Waals surface area (Å²) in [4.78, 5) is 12.2. The van der Waals surface area contributed by atoms with Crippen molar-refractivity contribution in [2.45, 2.75) is 6.92 Å². The van der Waals surface area contributed by atoms with Crippen LogP contribution in [-0.2, 0) is 0 Å². The number of carbonyl (C=O) groups is 1. The van der Waals surface area contributed by atoms with Crippen molar-refractivity contribution in [3.8, 4) is 0 Å². The summed E-state index contributed by atoms with van der Waals surface area (Å²) in [6.07, 6.45) is 0. The van der Waals surface area contributed by atoms with Crippen molar-refractivity contribution >= 4 is 40.5 Å². The zero-order valence-electron chi connectivity index (χ0n) is 10.2. The first-order chi connectivity index (χ1) is 8.99. The number of carbonyl (C=O) groups excluding carboxylic acids is 1. The van der Waals surface area contributed by atoms with Gasteiger partial charge in [0.1, 0.15) is 0 Å². The van der Waals surface area contributed by atoms with Crippen molar-refractivity contribution in [2.24, 2.45) is 0 Å². The molecular formula is C14H12Cl2N2O. The predicted molar refractivity (Wildman–Crippen MR) is 80.0 cm³/mol. The maximum atomic E-state index is 12.2. The van der Waals surface area contributed by atoms with E-state index in [9.17, 15) is 4.79 Å². The molecule has 0 radical (unpaired) electrons. The van der Waals surface area contributed by atoms with Crippen molar-refractivity contribution in [1.29, 1.82) is 0 Å². The van der Waals surface area contributed by atoms with E-state index in [0.717, 1.165) is 5.56 Å². The van der Waals surface area contributed by atoms with E-state index in [4.69, 9.17) is 28.9 Å². The molecule has 0 heterocycles. The molecule has 0 aliphatic rings. The van der Waals surface area contributed by atoms with E-state index in [1.165, 1.54) is 6.07 Å². The molecule has 0 atom stereocenters. The quantitative estimate of drug-likeness (QED) is 0.818. The van der Waals surface area contributed by atoms with Crippen LogP contribution >= 0.6 is 23.2 Å². The van der Waals surface area contributed by atoms with Crippen molar-refractivity contribution in [1.82, 2.24) is 0 Å². The number of para-hydroxylation sites is 1. The Hall–Kier alpha value is -1.71. The average Bonchev–Trinajstić information content (AvgIpc) is 2.33. The molecule has 3 N–H and O–H groups in total. The fourth-order valence-electron chi connectivity index (χ4n) is 1.69. The number of halogens is 2. The lowest BCUT2D eigenvalue weighted by molar-refractivity contribution is 0.102. The van der Waals surface area contributed by atoms with Crippen molar-refractivity contribution < 1.29 is 4.79 Å². The number of amides is 1. The zero-order valence-corrected chi connectivity index (χ0v) is 11.7. The topological polar surface area (TPSA) is 55.1 Å². The third-order valence-corrected chi connectivity index (χ3v) is 3.33. The molecule has 0 aliphatic carbocycles. The van der Waals surface area contributed by atoms with E-state index in [0.29, 0.717) is 27.0 Å². The highest BCUT2D eigenvalue weighted by Gasteiger charge is 2.13. The van der Waals surface area contributed by atoms with Crippen LogP contribution in [0.3, 0.4) is 0 Å². The molecule has 2 aromatic rings. The van der Waals surface area contributed by atoms with E-state index in [2.05, 4.69) is 5.32 Å². The van der Waals surface area contributed by atoms with Gasteiger partial charge in [0.25, 0.3) is 5.91 Å². The Morgan fingerprint density at radius 2 is 1.89 bits per heavy atom. The number of benzene rings is 2. The van der Waals surface area contributed by atoms with Gasteiger partial charge in [0.05, 0.1) is 21.3 Å². The number of nitrogen functional groups attached to an aromatic ring is 1. The number of anilines is 2. The Balaban J connectivity index is 2.31. The molecule has 0 aromatic heterocycles. The van der Waals surface area contributed by atoms with Crippen LogP contribution in [0.25, 0.3) is 0 Å². The fourth-order valence-corrected chi connectivity index (χ4v) is 2.23. The second-order valence-corrected chi connectivity index (χ2v) is 4.94. The molecule has 2 aromatic carbocycles. The molecule has 3 nitrogen and oxygen atoms in total. The van der Waals surface area contributed by atoms with Gasteiger partial charge in [-0.15, -0.1) is 0 Å². The molecule has 5 heteroatoms. The van der Waals surface area contributed by atoms with Crippen LogP contribution in [-0.4, -0.2) is 5.91 Å². The van der Waals surface area contributed by atoms with Gasteiger partial charge in [0.2, 0.25) is 0 Å². The lowest BCUT2D eigenvalue weighted by Crippen LogP contribution is -2.13. The number of hydrogen-bond donors (Lipinski definition) is 2. The highest BCUT2D eigenvalue weighted by molar-refractivity contribution is 6.36. The van der Waals surface area contributed by atoms with Gasteiger partial charge in [-0.05, 0) is 36.8 Å². The van der Waals surface area contributed by atoms with Crippen molar-refractivity contribution in [2.75, 3.05) is 11.1 Å². The van der Waals surface area contributed by atoms with Crippen LogP contribution in [0.2, 0.25) is 10.0 Å². The minimum absolute atomic E-state index is 0.308. The van der Waals surface area contributed by atoms with E-state index in [1.54, 1.807) is 18.2 Å². The molecule has 0 saturated carbocycles. The smallest absolute Gasteiger partial charge is 0.257 e. The summed E-state index contributed by atoms with van der Waals surface area (Å²) in [5.41, 5.74) is 7.92. The summed E-state index contributed by atoms with van der Waals surface area (Å²) in [5, 5.41) is 3.55. The highest BCUT2D eigenvalue weighted by atomic mass is 35.5. The maximum absolute atomic E-state index is 12.2. The monoisotopic (exact) mass is 294 g/mol. The van der Waals surface area contributed by atoms with E-state index >= 15 is 0 Å². The molecule has 0 unspecified atom stereocenters. The largest absolute Gasteiger partial charge is 0.399 e. The van der Waals surface area contributed by atoms with Gasteiger partial charge >= 0.3 is 0 Å². The number of nitrogens with one attached hydrogen (secondary N) is 1. The molecule has 2 rings (SSSR count). The van der Waals surface area contributed by atoms with Crippen LogP contribution in [0.4, 0.5) is 11.4 Å². The number of aryl methyl sites for hydroxylation is 1. The Bertz CT molecular complexity index is 621. The predicted octanol–water partition coefficient (Wildman–Crippen LogP) is 4.14. The fraction of sp³-hybridized carbons (Fsp3) is 0.0714. The third kappa shape index (κ3) is 3.00. The number of hydrogen-bond acceptors (Lipinski definition) is 2. The summed E-state index contributed by atoms with van der Waals surface area (Å²) in [6.45, 7) is 1.87. The Morgan fingerprint density at radius 1 is 1.16 bits per heavy atom. The normalized spacial score (nSPS) is 10.3. The van der Waals surface area contributed by atoms with Crippen LogP contribution < -0.4 is 11.1 Å². The van der Waals surface area contributed by atoms with Gasteiger partial charge in [-0.3, -0.25) is 4.79 Å². The van der Waals surface area contributed by atoms with Crippen molar-refractivity contribution in [3.05, 3.63) is 57.6 Å². The minimum atomic E-state index is -0.318. The highest BCUT2D eigenvalue weighted by Crippen LogP contribution is 2.27. The van der Waals surface area contributed by atoms with Gasteiger partial charge in [-0.25, -0.2) is 0 Å². The number of nitrogens with two attached hydrogens (primary N) is 1. The zero-order chi connectivity index (χ0) is 14.0. The average molecular weight is 295 g/mol. The first-order valence-electron chi connectivity index (χ1n) is 5.60. The summed E-state index contributed by atoms with van der Waals surface area (Å²) in [7, 11) is 0. The summed E-state index contributed by atoms with van der Waals surface area (Å²) in [6, 6.07) is 10.2. The summed E-state index contributed by atoms with van der Waals surface area (Å²) in [5.74, 6) is -0.318. The maximum Gasteiger partial charge on any atom is 0.257 e. The lowest BCUT2D eigenvalue weighted by Gasteiger charge is -2.11. The second-order valence-electron chi connectivity index (χ2n) is 4.13. The summed E-state index contributed by atoms with van der Waals surface area (Å²) >= 11 is 12.1. The van der Waals surface area contributed by atoms with Gasteiger partial charge in [-0.1, -0.05) is 35.3 Å². The molecule has 0 spiro atoms. The van der Waals surface area contributed by atoms with Gasteiger partial charge in [-0.2, -0.15) is 0 Å². The lowest BCUT2D eigenvalue weighted by atomic mass is 10.1. The van der Waals surface area contributed by atoms with Gasteiger partial charge < -0.3 is 11.1 Å². The SMILES string of the molecule is Cc1cccc(Cl)c1NC(=O)c1ccc(N)cc1Cl. The molecule has 0 fully saturated rings. The van der Waals surface area contributed by atoms with E-state index in [1.807, 2.05) is 19.1 Å². The Morgan fingerprint density at radius 3 is 2.53 bits per heavy atom. The van der Waals surface area contributed by atoms with Crippen molar-refractivity contribution in [3.63, 3.8) is 0 Å². The Kier molecular flexibility index (Phi) is 3.98. The van der Waals surface area contributed by atoms with E-state index in [-0.39, 0.29) is 5.91 Å². The molecule has 1 amide bonds. The third-order valence-electron chi connectivity index (χ3n) is 2.70. The Labute approximate surface area is 121 Å². The molecule has 0 bridgehead atoms. The van der Waals surface area contributed by atoms with Crippen LogP contribution in [0.15, 0.2) is 36.4 Å². The first kappa shape index (κ1) is 13.7. The minimum Gasteiger partial charge on any atom is -0.399 e. The van der Waals surface area contributed by atoms with Crippen LogP contribution in [0.5, 0.6) is 0 Å². The van der Waals surface area contributed by atoms with E-state index < -0.39 is 0 Å². The number of rotatable bonds is 2. The molecular weight excluding hydrogens is 283 g/mol. The molecule has 98 valence electrons. The first-order valence-corrected chi connectivity index (χ1v) is 6.36. The molecule has 19 heavy (non-hydrogen) atoms. The molecule has 0 saturated heterocycles. The second kappa shape index (κ2) is 5.51.